The van der Waals surface area contributed by atoms with Crippen LogP contribution >= 0.6 is 15.9 Å². The topological polar surface area (TPSA) is 56.2 Å². The molecule has 1 heterocycles. The van der Waals surface area contributed by atoms with Crippen LogP contribution in [0.1, 0.15) is 10.6 Å². The van der Waals surface area contributed by atoms with Gasteiger partial charge in [-0.05, 0) is 28.1 Å². The van der Waals surface area contributed by atoms with Crippen LogP contribution in [0.3, 0.4) is 0 Å². The Labute approximate surface area is 89.0 Å². The number of hydrogen-bond acceptors (Lipinski definition) is 3. The number of nitrogens with two attached hydrogens (primary N) is 1. The molecule has 0 fully saturated rings. The molecule has 1 aromatic heterocycles. The summed E-state index contributed by atoms with van der Waals surface area (Å²) in [4.78, 5) is 11.3. The van der Waals surface area contributed by atoms with Gasteiger partial charge in [0.15, 0.2) is 5.76 Å². The summed E-state index contributed by atoms with van der Waals surface area (Å²) in [6.07, 6.45) is 0. The minimum Gasteiger partial charge on any atom is -0.452 e. The predicted octanol–water partition coefficient (Wildman–Crippen LogP) is 2.34. The normalized spacial score (nSPS) is 10.7. The Hall–Kier alpha value is -1.13. The number of benzene rings is 1. The van der Waals surface area contributed by atoms with Crippen LogP contribution in [0.4, 0.5) is 0 Å². The predicted molar refractivity (Wildman–Crippen MR) is 57.3 cm³/mol. The van der Waals surface area contributed by atoms with Crippen LogP contribution in [0.2, 0.25) is 0 Å². The number of para-hydroxylation sites is 1. The van der Waals surface area contributed by atoms with Crippen molar-refractivity contribution in [3.05, 3.63) is 34.5 Å². The van der Waals surface area contributed by atoms with Crippen LogP contribution in [-0.4, -0.2) is 12.3 Å². The molecule has 0 bridgehead atoms. The molecule has 4 heteroatoms. The SMILES string of the molecule is NCC(=O)c1cc2cccc(Br)c2o1. The maximum Gasteiger partial charge on any atom is 0.211 e. The molecule has 0 saturated carbocycles. The number of ketones is 1. The molecule has 2 rings (SSSR count). The number of fused-ring (bicyclic) bond motifs is 1. The third-order valence-electron chi connectivity index (χ3n) is 1.96. The maximum atomic E-state index is 11.3. The van der Waals surface area contributed by atoms with E-state index in [-0.39, 0.29) is 12.3 Å². The summed E-state index contributed by atoms with van der Waals surface area (Å²) in [5, 5.41) is 0.899. The molecular weight excluding hydrogens is 246 g/mol. The lowest BCUT2D eigenvalue weighted by atomic mass is 10.2. The molecule has 1 aromatic carbocycles. The van der Waals surface area contributed by atoms with Gasteiger partial charge < -0.3 is 10.2 Å². The highest BCUT2D eigenvalue weighted by Crippen LogP contribution is 2.26. The maximum absolute atomic E-state index is 11.3. The summed E-state index contributed by atoms with van der Waals surface area (Å²) < 4.78 is 6.21. The lowest BCUT2D eigenvalue weighted by Crippen LogP contribution is -2.12. The molecule has 2 N–H and O–H groups in total. The summed E-state index contributed by atoms with van der Waals surface area (Å²) in [5.41, 5.74) is 5.93. The van der Waals surface area contributed by atoms with Crippen molar-refractivity contribution in [2.24, 2.45) is 5.73 Å². The first-order valence-corrected chi connectivity index (χ1v) is 4.93. The Morgan fingerprint density at radius 3 is 2.93 bits per heavy atom. The van der Waals surface area contributed by atoms with Gasteiger partial charge >= 0.3 is 0 Å². The third kappa shape index (κ3) is 1.47. The average Bonchev–Trinajstić information content (AvgIpc) is 2.62. The van der Waals surface area contributed by atoms with E-state index >= 15 is 0 Å². The summed E-state index contributed by atoms with van der Waals surface area (Å²) in [6, 6.07) is 7.34. The molecule has 14 heavy (non-hydrogen) atoms. The molecule has 0 aliphatic heterocycles. The van der Waals surface area contributed by atoms with Gasteiger partial charge in [0.05, 0.1) is 11.0 Å². The second kappa shape index (κ2) is 3.55. The third-order valence-corrected chi connectivity index (χ3v) is 2.58. The second-order valence-corrected chi connectivity index (χ2v) is 3.75. The van der Waals surface area contributed by atoms with Gasteiger partial charge in [0.25, 0.3) is 0 Å². The molecule has 0 saturated heterocycles. The Kier molecular flexibility index (Phi) is 2.39. The lowest BCUT2D eigenvalue weighted by molar-refractivity contribution is 0.0977. The number of carbonyl (C=O) groups is 1. The number of furan rings is 1. The first kappa shape index (κ1) is 9.43. The van der Waals surface area contributed by atoms with Crippen LogP contribution in [0.5, 0.6) is 0 Å². The zero-order valence-corrected chi connectivity index (χ0v) is 8.87. The van der Waals surface area contributed by atoms with E-state index in [1.807, 2.05) is 18.2 Å². The fourth-order valence-corrected chi connectivity index (χ4v) is 1.73. The molecule has 0 atom stereocenters. The second-order valence-electron chi connectivity index (χ2n) is 2.90. The first-order chi connectivity index (χ1) is 6.72. The zero-order valence-electron chi connectivity index (χ0n) is 7.29. The number of carbonyl (C=O) groups excluding carboxylic acids is 1. The molecular formula is C10H8BrNO2. The summed E-state index contributed by atoms with van der Waals surface area (Å²) in [7, 11) is 0. The number of rotatable bonds is 2. The van der Waals surface area contributed by atoms with Crippen molar-refractivity contribution < 1.29 is 9.21 Å². The fraction of sp³-hybridized carbons (Fsp3) is 0.100. The molecule has 0 aliphatic rings. The Morgan fingerprint density at radius 1 is 1.50 bits per heavy atom. The van der Waals surface area contributed by atoms with E-state index in [2.05, 4.69) is 15.9 Å². The van der Waals surface area contributed by atoms with Crippen molar-refractivity contribution in [3.63, 3.8) is 0 Å². The average molecular weight is 254 g/mol. The van der Waals surface area contributed by atoms with Crippen LogP contribution in [-0.2, 0) is 0 Å². The van der Waals surface area contributed by atoms with Crippen LogP contribution in [0.25, 0.3) is 11.0 Å². The van der Waals surface area contributed by atoms with E-state index < -0.39 is 0 Å². The standard InChI is InChI=1S/C10H8BrNO2/c11-7-3-1-2-6-4-9(8(13)5-12)14-10(6)7/h1-4H,5,12H2. The van der Waals surface area contributed by atoms with E-state index in [1.165, 1.54) is 0 Å². The lowest BCUT2D eigenvalue weighted by Gasteiger charge is -1.90. The van der Waals surface area contributed by atoms with Gasteiger partial charge in [-0.25, -0.2) is 0 Å². The van der Waals surface area contributed by atoms with Crippen molar-refractivity contribution in [1.82, 2.24) is 0 Å². The molecule has 72 valence electrons. The Balaban J connectivity index is 2.62. The zero-order chi connectivity index (χ0) is 10.1. The molecule has 3 nitrogen and oxygen atoms in total. The van der Waals surface area contributed by atoms with Gasteiger partial charge in [-0.2, -0.15) is 0 Å². The number of Topliss-reactive ketones (excluding diaryl/α,β-unsaturated/α-hetero) is 1. The van der Waals surface area contributed by atoms with Gasteiger partial charge in [-0.3, -0.25) is 4.79 Å². The largest absolute Gasteiger partial charge is 0.452 e. The Morgan fingerprint density at radius 2 is 2.29 bits per heavy atom. The molecule has 0 aliphatic carbocycles. The van der Waals surface area contributed by atoms with Crippen molar-refractivity contribution in [2.75, 3.05) is 6.54 Å². The quantitative estimate of drug-likeness (QED) is 0.837. The smallest absolute Gasteiger partial charge is 0.211 e. The minimum atomic E-state index is -0.187. The first-order valence-electron chi connectivity index (χ1n) is 4.13. The minimum absolute atomic E-state index is 0.0303. The monoisotopic (exact) mass is 253 g/mol. The highest BCUT2D eigenvalue weighted by atomic mass is 79.9. The van der Waals surface area contributed by atoms with Crippen LogP contribution < -0.4 is 5.73 Å². The van der Waals surface area contributed by atoms with Crippen molar-refractivity contribution in [1.29, 1.82) is 0 Å². The van der Waals surface area contributed by atoms with Gasteiger partial charge in [-0.15, -0.1) is 0 Å². The molecule has 2 aromatic rings. The van der Waals surface area contributed by atoms with Crippen molar-refractivity contribution >= 4 is 32.7 Å². The fourth-order valence-electron chi connectivity index (χ4n) is 1.27. The van der Waals surface area contributed by atoms with Crippen LogP contribution in [0.15, 0.2) is 33.2 Å². The van der Waals surface area contributed by atoms with E-state index in [0.29, 0.717) is 11.3 Å². The summed E-state index contributed by atoms with van der Waals surface area (Å²) in [5.74, 6) is 0.127. The summed E-state index contributed by atoms with van der Waals surface area (Å²) in [6.45, 7) is -0.0303. The van der Waals surface area contributed by atoms with Gasteiger partial charge in [-0.1, -0.05) is 12.1 Å². The molecule has 0 radical (unpaired) electrons. The van der Waals surface area contributed by atoms with E-state index in [0.717, 1.165) is 9.86 Å². The Bertz CT molecular complexity index is 490. The molecule has 0 amide bonds. The highest BCUT2D eigenvalue weighted by Gasteiger charge is 2.11. The van der Waals surface area contributed by atoms with E-state index in [4.69, 9.17) is 10.2 Å². The van der Waals surface area contributed by atoms with E-state index in [1.54, 1.807) is 6.07 Å². The molecule has 0 unspecified atom stereocenters. The number of halogens is 1. The van der Waals surface area contributed by atoms with Gasteiger partial charge in [0.1, 0.15) is 5.58 Å². The van der Waals surface area contributed by atoms with Gasteiger partial charge in [0.2, 0.25) is 5.78 Å². The number of hydrogen-bond donors (Lipinski definition) is 1. The van der Waals surface area contributed by atoms with Crippen molar-refractivity contribution in [3.8, 4) is 0 Å². The van der Waals surface area contributed by atoms with Crippen molar-refractivity contribution in [2.45, 2.75) is 0 Å². The summed E-state index contributed by atoms with van der Waals surface area (Å²) >= 11 is 3.34. The van der Waals surface area contributed by atoms with E-state index in [9.17, 15) is 4.79 Å². The van der Waals surface area contributed by atoms with Crippen LogP contribution in [0, 0.1) is 0 Å². The molecule has 0 spiro atoms. The van der Waals surface area contributed by atoms with Gasteiger partial charge in [0, 0.05) is 5.39 Å². The highest BCUT2D eigenvalue weighted by molar-refractivity contribution is 9.10.